The number of anilines is 1. The van der Waals surface area contributed by atoms with Crippen LogP contribution in [0.1, 0.15) is 11.1 Å². The number of aryl methyl sites for hydroxylation is 1. The molecule has 1 aromatic carbocycles. The van der Waals surface area contributed by atoms with Gasteiger partial charge in [0.15, 0.2) is 0 Å². The van der Waals surface area contributed by atoms with Crippen LogP contribution in [-0.4, -0.2) is 19.1 Å². The Morgan fingerprint density at radius 1 is 1.57 bits per heavy atom. The quantitative estimate of drug-likeness (QED) is 0.684. The van der Waals surface area contributed by atoms with E-state index < -0.39 is 0 Å². The Morgan fingerprint density at radius 3 is 3.00 bits per heavy atom. The molecule has 3 nitrogen and oxygen atoms in total. The Kier molecular flexibility index (Phi) is 2.15. The lowest BCUT2D eigenvalue weighted by Crippen LogP contribution is -2.27. The standard InChI is InChI=1S/C11H13NO2/c1-7-4-3-5-9-8(7)6-10(12-9)11(13)14-2/h3-5,10,12H,6H2,1-2H3/t10-/m1/s1. The smallest absolute Gasteiger partial charge is 0.328 e. The van der Waals surface area contributed by atoms with E-state index in [4.69, 9.17) is 4.74 Å². The minimum atomic E-state index is -0.212. The van der Waals surface area contributed by atoms with Crippen LogP contribution in [0, 0.1) is 6.92 Å². The number of ether oxygens (including phenoxy) is 1. The van der Waals surface area contributed by atoms with Crippen LogP contribution in [0.3, 0.4) is 0 Å². The molecule has 14 heavy (non-hydrogen) atoms. The van der Waals surface area contributed by atoms with Crippen LogP contribution in [0.5, 0.6) is 0 Å². The van der Waals surface area contributed by atoms with E-state index in [0.29, 0.717) is 0 Å². The van der Waals surface area contributed by atoms with Crippen molar-refractivity contribution in [2.75, 3.05) is 12.4 Å². The highest BCUT2D eigenvalue weighted by Crippen LogP contribution is 2.28. The average Bonchev–Trinajstić information content (AvgIpc) is 2.62. The van der Waals surface area contributed by atoms with Crippen LogP contribution >= 0.6 is 0 Å². The van der Waals surface area contributed by atoms with Crippen molar-refractivity contribution >= 4 is 11.7 Å². The molecule has 0 bridgehead atoms. The summed E-state index contributed by atoms with van der Waals surface area (Å²) in [5.41, 5.74) is 3.50. The third kappa shape index (κ3) is 1.35. The van der Waals surface area contributed by atoms with Gasteiger partial charge in [0.25, 0.3) is 0 Å². The Bertz CT molecular complexity index is 374. The molecular formula is C11H13NO2. The van der Waals surface area contributed by atoms with Crippen molar-refractivity contribution < 1.29 is 9.53 Å². The number of carbonyl (C=O) groups is 1. The highest BCUT2D eigenvalue weighted by molar-refractivity contribution is 5.83. The predicted molar refractivity (Wildman–Crippen MR) is 54.3 cm³/mol. The Labute approximate surface area is 83.1 Å². The van der Waals surface area contributed by atoms with Gasteiger partial charge in [-0.1, -0.05) is 12.1 Å². The molecule has 0 radical (unpaired) electrons. The molecule has 3 heteroatoms. The Morgan fingerprint density at radius 2 is 2.36 bits per heavy atom. The van der Waals surface area contributed by atoms with Gasteiger partial charge in [0.05, 0.1) is 7.11 Å². The molecule has 0 saturated heterocycles. The van der Waals surface area contributed by atoms with E-state index >= 15 is 0 Å². The van der Waals surface area contributed by atoms with Gasteiger partial charge in [-0.25, -0.2) is 4.79 Å². The van der Waals surface area contributed by atoms with E-state index in [9.17, 15) is 4.79 Å². The molecule has 1 aliphatic rings. The third-order valence-corrected chi connectivity index (χ3v) is 2.63. The van der Waals surface area contributed by atoms with Crippen LogP contribution in [-0.2, 0) is 16.0 Å². The number of carbonyl (C=O) groups excluding carboxylic acids is 1. The van der Waals surface area contributed by atoms with E-state index in [-0.39, 0.29) is 12.0 Å². The van der Waals surface area contributed by atoms with Crippen LogP contribution in [0.2, 0.25) is 0 Å². The summed E-state index contributed by atoms with van der Waals surface area (Å²) in [6.45, 7) is 2.06. The number of methoxy groups -OCH3 is 1. The lowest BCUT2D eigenvalue weighted by Gasteiger charge is -2.07. The van der Waals surface area contributed by atoms with Gasteiger partial charge < -0.3 is 10.1 Å². The van der Waals surface area contributed by atoms with Gasteiger partial charge >= 0.3 is 5.97 Å². The lowest BCUT2D eigenvalue weighted by molar-refractivity contribution is -0.141. The third-order valence-electron chi connectivity index (χ3n) is 2.63. The van der Waals surface area contributed by atoms with Crippen LogP contribution in [0.15, 0.2) is 18.2 Å². The van der Waals surface area contributed by atoms with Gasteiger partial charge in [0, 0.05) is 12.1 Å². The Hall–Kier alpha value is -1.51. The molecule has 1 aliphatic heterocycles. The van der Waals surface area contributed by atoms with Crippen molar-refractivity contribution in [2.24, 2.45) is 0 Å². The second kappa shape index (κ2) is 3.33. The molecule has 1 heterocycles. The first kappa shape index (κ1) is 9.06. The zero-order chi connectivity index (χ0) is 10.1. The molecule has 0 fully saturated rings. The van der Waals surface area contributed by atoms with E-state index in [1.54, 1.807) is 0 Å². The fourth-order valence-electron chi connectivity index (χ4n) is 1.84. The van der Waals surface area contributed by atoms with Crippen molar-refractivity contribution in [3.05, 3.63) is 29.3 Å². The van der Waals surface area contributed by atoms with E-state index in [1.807, 2.05) is 12.1 Å². The fraction of sp³-hybridized carbons (Fsp3) is 0.364. The van der Waals surface area contributed by atoms with E-state index in [1.165, 1.54) is 18.2 Å². The molecule has 1 N–H and O–H groups in total. The first-order chi connectivity index (χ1) is 6.72. The molecule has 0 saturated carbocycles. The van der Waals surface area contributed by atoms with Crippen molar-refractivity contribution in [1.82, 2.24) is 0 Å². The summed E-state index contributed by atoms with van der Waals surface area (Å²) < 4.78 is 4.70. The molecule has 0 spiro atoms. The molecule has 0 unspecified atom stereocenters. The second-order valence-electron chi connectivity index (χ2n) is 3.53. The number of nitrogens with one attached hydrogen (secondary N) is 1. The monoisotopic (exact) mass is 191 g/mol. The van der Waals surface area contributed by atoms with Gasteiger partial charge in [-0.2, -0.15) is 0 Å². The number of esters is 1. The van der Waals surface area contributed by atoms with Gasteiger partial charge in [-0.15, -0.1) is 0 Å². The summed E-state index contributed by atoms with van der Waals surface area (Å²) in [6, 6.07) is 5.82. The summed E-state index contributed by atoms with van der Waals surface area (Å²) in [6.07, 6.45) is 0.731. The van der Waals surface area contributed by atoms with Crippen molar-refractivity contribution in [2.45, 2.75) is 19.4 Å². The number of benzene rings is 1. The summed E-state index contributed by atoms with van der Waals surface area (Å²) in [5, 5.41) is 3.15. The number of hydrogen-bond donors (Lipinski definition) is 1. The summed E-state index contributed by atoms with van der Waals surface area (Å²) >= 11 is 0. The fourth-order valence-corrected chi connectivity index (χ4v) is 1.84. The normalized spacial score (nSPS) is 18.6. The largest absolute Gasteiger partial charge is 0.467 e. The minimum Gasteiger partial charge on any atom is -0.467 e. The van der Waals surface area contributed by atoms with Gasteiger partial charge in [0.2, 0.25) is 0 Å². The number of rotatable bonds is 1. The number of fused-ring (bicyclic) bond motifs is 1. The molecule has 0 aromatic heterocycles. The molecule has 0 aliphatic carbocycles. The predicted octanol–water partition coefficient (Wildman–Crippen LogP) is 1.50. The molecule has 1 aromatic rings. The SMILES string of the molecule is COC(=O)[C@H]1Cc2c(C)cccc2N1. The first-order valence-corrected chi connectivity index (χ1v) is 4.65. The molecule has 2 rings (SSSR count). The second-order valence-corrected chi connectivity index (χ2v) is 3.53. The highest BCUT2D eigenvalue weighted by atomic mass is 16.5. The summed E-state index contributed by atoms with van der Waals surface area (Å²) in [5.74, 6) is -0.194. The topological polar surface area (TPSA) is 38.3 Å². The van der Waals surface area contributed by atoms with Crippen molar-refractivity contribution in [3.63, 3.8) is 0 Å². The zero-order valence-corrected chi connectivity index (χ0v) is 8.33. The lowest BCUT2D eigenvalue weighted by atomic mass is 10.0. The minimum absolute atomic E-state index is 0.194. The van der Waals surface area contributed by atoms with Gasteiger partial charge in [0.1, 0.15) is 6.04 Å². The van der Waals surface area contributed by atoms with Gasteiger partial charge in [-0.05, 0) is 24.1 Å². The number of hydrogen-bond acceptors (Lipinski definition) is 3. The van der Waals surface area contributed by atoms with E-state index in [0.717, 1.165) is 12.1 Å². The van der Waals surface area contributed by atoms with Crippen LogP contribution in [0.4, 0.5) is 5.69 Å². The van der Waals surface area contributed by atoms with Crippen molar-refractivity contribution in [1.29, 1.82) is 0 Å². The molecule has 0 amide bonds. The van der Waals surface area contributed by atoms with Crippen molar-refractivity contribution in [3.8, 4) is 0 Å². The maximum Gasteiger partial charge on any atom is 0.328 e. The summed E-state index contributed by atoms with van der Waals surface area (Å²) in [4.78, 5) is 11.3. The summed E-state index contributed by atoms with van der Waals surface area (Å²) in [7, 11) is 1.42. The maximum absolute atomic E-state index is 11.3. The molecule has 74 valence electrons. The molecule has 1 atom stereocenters. The van der Waals surface area contributed by atoms with Crippen LogP contribution < -0.4 is 5.32 Å². The molecular weight excluding hydrogens is 178 g/mol. The van der Waals surface area contributed by atoms with Crippen LogP contribution in [0.25, 0.3) is 0 Å². The highest BCUT2D eigenvalue weighted by Gasteiger charge is 2.27. The maximum atomic E-state index is 11.3. The first-order valence-electron chi connectivity index (χ1n) is 4.65. The Balaban J connectivity index is 2.26. The van der Waals surface area contributed by atoms with Gasteiger partial charge in [-0.3, -0.25) is 0 Å². The average molecular weight is 191 g/mol. The zero-order valence-electron chi connectivity index (χ0n) is 8.33. The van der Waals surface area contributed by atoms with E-state index in [2.05, 4.69) is 18.3 Å².